The summed E-state index contributed by atoms with van der Waals surface area (Å²) in [4.78, 5) is 8.56. The Balaban J connectivity index is 2.53. The van der Waals surface area contributed by atoms with Crippen molar-refractivity contribution in [2.24, 2.45) is 4.99 Å². The molecule has 0 fully saturated rings. The van der Waals surface area contributed by atoms with Gasteiger partial charge in [0.05, 0.1) is 0 Å². The fraction of sp³-hybridized carbons (Fsp3) is 0.455. The summed E-state index contributed by atoms with van der Waals surface area (Å²) in [6, 6.07) is 2.12. The molecular weight excluding hydrogens is 160 g/mol. The van der Waals surface area contributed by atoms with Crippen molar-refractivity contribution >= 4 is 12.0 Å². The molecule has 2 rings (SSSR count). The SMILES string of the molecule is CC(C)c1ccnc2c1CCC=N2. The van der Waals surface area contributed by atoms with E-state index in [-0.39, 0.29) is 0 Å². The average molecular weight is 174 g/mol. The van der Waals surface area contributed by atoms with E-state index in [1.165, 1.54) is 11.1 Å². The van der Waals surface area contributed by atoms with Gasteiger partial charge < -0.3 is 0 Å². The molecule has 68 valence electrons. The van der Waals surface area contributed by atoms with E-state index in [4.69, 9.17) is 0 Å². The maximum atomic E-state index is 4.30. The molecule has 1 aromatic heterocycles. The highest BCUT2D eigenvalue weighted by atomic mass is 14.9. The standard InChI is InChI=1S/C11H14N2/c1-8(2)9-5-7-13-11-10(9)4-3-6-12-11/h5-8H,3-4H2,1-2H3. The number of aromatic nitrogens is 1. The minimum atomic E-state index is 0.574. The Morgan fingerprint density at radius 3 is 3.00 bits per heavy atom. The van der Waals surface area contributed by atoms with Gasteiger partial charge in [0.1, 0.15) is 0 Å². The number of fused-ring (bicyclic) bond motifs is 1. The highest BCUT2D eigenvalue weighted by Gasteiger charge is 2.13. The molecule has 0 saturated heterocycles. The molecule has 2 nitrogen and oxygen atoms in total. The van der Waals surface area contributed by atoms with Crippen LogP contribution in [0.3, 0.4) is 0 Å². The Kier molecular flexibility index (Phi) is 2.13. The highest BCUT2D eigenvalue weighted by molar-refractivity contribution is 5.67. The van der Waals surface area contributed by atoms with E-state index >= 15 is 0 Å². The molecule has 0 spiro atoms. The normalized spacial score (nSPS) is 14.7. The average Bonchev–Trinajstić information content (AvgIpc) is 2.17. The molecule has 0 unspecified atom stereocenters. The summed E-state index contributed by atoms with van der Waals surface area (Å²) in [5.41, 5.74) is 2.75. The van der Waals surface area contributed by atoms with Crippen LogP contribution in [-0.2, 0) is 6.42 Å². The molecule has 1 aliphatic heterocycles. The highest BCUT2D eigenvalue weighted by Crippen LogP contribution is 2.28. The summed E-state index contributed by atoms with van der Waals surface area (Å²) in [5.74, 6) is 1.50. The Labute approximate surface area is 78.7 Å². The number of hydrogen-bond donors (Lipinski definition) is 0. The largest absolute Gasteiger partial charge is 0.241 e. The van der Waals surface area contributed by atoms with Gasteiger partial charge in [-0.2, -0.15) is 0 Å². The van der Waals surface area contributed by atoms with E-state index in [2.05, 4.69) is 29.9 Å². The van der Waals surface area contributed by atoms with Gasteiger partial charge in [-0.05, 0) is 30.4 Å². The maximum absolute atomic E-state index is 4.30. The van der Waals surface area contributed by atoms with Crippen molar-refractivity contribution in [1.29, 1.82) is 0 Å². The first-order valence-corrected chi connectivity index (χ1v) is 4.79. The van der Waals surface area contributed by atoms with Crippen LogP contribution in [-0.4, -0.2) is 11.2 Å². The van der Waals surface area contributed by atoms with E-state index in [0.717, 1.165) is 18.7 Å². The first-order chi connectivity index (χ1) is 6.29. The van der Waals surface area contributed by atoms with Crippen molar-refractivity contribution in [1.82, 2.24) is 4.98 Å². The Hall–Kier alpha value is -1.18. The van der Waals surface area contributed by atoms with Gasteiger partial charge in [-0.3, -0.25) is 0 Å². The molecular formula is C11H14N2. The number of pyridine rings is 1. The minimum Gasteiger partial charge on any atom is -0.241 e. The predicted octanol–water partition coefficient (Wildman–Crippen LogP) is 2.85. The van der Waals surface area contributed by atoms with Gasteiger partial charge in [0, 0.05) is 18.0 Å². The summed E-state index contributed by atoms with van der Waals surface area (Å²) in [5, 5.41) is 0. The minimum absolute atomic E-state index is 0.574. The second-order valence-corrected chi connectivity index (χ2v) is 3.71. The van der Waals surface area contributed by atoms with E-state index < -0.39 is 0 Å². The summed E-state index contributed by atoms with van der Waals surface area (Å²) < 4.78 is 0. The van der Waals surface area contributed by atoms with Crippen LogP contribution in [0, 0.1) is 0 Å². The number of aliphatic imine (C=N–C) groups is 1. The Morgan fingerprint density at radius 1 is 1.38 bits per heavy atom. The summed E-state index contributed by atoms with van der Waals surface area (Å²) in [7, 11) is 0. The molecule has 0 N–H and O–H groups in total. The quantitative estimate of drug-likeness (QED) is 0.642. The molecule has 0 atom stereocenters. The van der Waals surface area contributed by atoms with Gasteiger partial charge in [0.25, 0.3) is 0 Å². The van der Waals surface area contributed by atoms with Gasteiger partial charge in [0.2, 0.25) is 0 Å². The Bertz CT molecular complexity index is 340. The van der Waals surface area contributed by atoms with Gasteiger partial charge in [0.15, 0.2) is 5.82 Å². The van der Waals surface area contributed by atoms with Crippen LogP contribution in [0.4, 0.5) is 5.82 Å². The van der Waals surface area contributed by atoms with Crippen LogP contribution in [0.2, 0.25) is 0 Å². The molecule has 2 heteroatoms. The third kappa shape index (κ3) is 1.48. The van der Waals surface area contributed by atoms with Gasteiger partial charge in [-0.1, -0.05) is 13.8 Å². The summed E-state index contributed by atoms with van der Waals surface area (Å²) in [6.07, 6.45) is 5.97. The zero-order valence-electron chi connectivity index (χ0n) is 8.12. The molecule has 0 aliphatic carbocycles. The molecule has 0 aromatic carbocycles. The van der Waals surface area contributed by atoms with Crippen LogP contribution < -0.4 is 0 Å². The fourth-order valence-corrected chi connectivity index (χ4v) is 1.76. The van der Waals surface area contributed by atoms with Crippen molar-refractivity contribution in [2.45, 2.75) is 32.6 Å². The lowest BCUT2D eigenvalue weighted by Crippen LogP contribution is -2.02. The zero-order valence-corrected chi connectivity index (χ0v) is 8.12. The first kappa shape index (κ1) is 8.42. The number of rotatable bonds is 1. The monoisotopic (exact) mass is 174 g/mol. The first-order valence-electron chi connectivity index (χ1n) is 4.79. The molecule has 0 saturated carbocycles. The van der Waals surface area contributed by atoms with E-state index in [9.17, 15) is 0 Å². The second kappa shape index (κ2) is 3.29. The van der Waals surface area contributed by atoms with Crippen LogP contribution in [0.15, 0.2) is 17.3 Å². The lowest BCUT2D eigenvalue weighted by Gasteiger charge is -2.15. The molecule has 1 aromatic rings. The fourth-order valence-electron chi connectivity index (χ4n) is 1.76. The summed E-state index contributed by atoms with van der Waals surface area (Å²) in [6.45, 7) is 4.43. The van der Waals surface area contributed by atoms with Crippen LogP contribution >= 0.6 is 0 Å². The van der Waals surface area contributed by atoms with Gasteiger partial charge in [-0.25, -0.2) is 9.98 Å². The third-order valence-corrected chi connectivity index (χ3v) is 2.43. The van der Waals surface area contributed by atoms with E-state index in [0.29, 0.717) is 5.92 Å². The van der Waals surface area contributed by atoms with Crippen molar-refractivity contribution in [3.63, 3.8) is 0 Å². The van der Waals surface area contributed by atoms with E-state index in [1.54, 1.807) is 0 Å². The number of hydrogen-bond acceptors (Lipinski definition) is 2. The van der Waals surface area contributed by atoms with Crippen molar-refractivity contribution in [3.8, 4) is 0 Å². The maximum Gasteiger partial charge on any atom is 0.154 e. The molecule has 0 bridgehead atoms. The molecule has 1 aliphatic rings. The van der Waals surface area contributed by atoms with Crippen molar-refractivity contribution in [3.05, 3.63) is 23.4 Å². The third-order valence-electron chi connectivity index (χ3n) is 2.43. The lowest BCUT2D eigenvalue weighted by atomic mass is 9.95. The molecule has 0 amide bonds. The lowest BCUT2D eigenvalue weighted by molar-refractivity contribution is 0.828. The van der Waals surface area contributed by atoms with Crippen molar-refractivity contribution in [2.75, 3.05) is 0 Å². The van der Waals surface area contributed by atoms with Crippen LogP contribution in [0.25, 0.3) is 0 Å². The molecule has 0 radical (unpaired) electrons. The zero-order chi connectivity index (χ0) is 9.26. The van der Waals surface area contributed by atoms with Crippen molar-refractivity contribution < 1.29 is 0 Å². The van der Waals surface area contributed by atoms with Gasteiger partial charge in [-0.15, -0.1) is 0 Å². The molecule has 2 heterocycles. The van der Waals surface area contributed by atoms with Gasteiger partial charge >= 0.3 is 0 Å². The van der Waals surface area contributed by atoms with Crippen LogP contribution in [0.5, 0.6) is 0 Å². The second-order valence-electron chi connectivity index (χ2n) is 3.71. The topological polar surface area (TPSA) is 25.2 Å². The smallest absolute Gasteiger partial charge is 0.154 e. The summed E-state index contributed by atoms with van der Waals surface area (Å²) >= 11 is 0. The molecule has 13 heavy (non-hydrogen) atoms. The predicted molar refractivity (Wildman–Crippen MR) is 54.8 cm³/mol. The number of nitrogens with zero attached hydrogens (tertiary/aromatic N) is 2. The van der Waals surface area contributed by atoms with Crippen LogP contribution in [0.1, 0.15) is 37.3 Å². The van der Waals surface area contributed by atoms with E-state index in [1.807, 2.05) is 12.4 Å². The Morgan fingerprint density at radius 2 is 2.23 bits per heavy atom.